The molecule has 2 rings (SSSR count). The standard InChI is InChI=1S/C17H26N2O2/c1-4-14-11-18-9-8-16(14)17(20)19(13(2)3)12-15-7-5-6-10-21-15/h8-9,11,13,15H,4-7,10,12H2,1-3H3/t15-/m0/s1. The fourth-order valence-corrected chi connectivity index (χ4v) is 2.77. The number of hydrogen-bond acceptors (Lipinski definition) is 3. The van der Waals surface area contributed by atoms with Crippen LogP contribution in [0.5, 0.6) is 0 Å². The molecule has 0 unspecified atom stereocenters. The van der Waals surface area contributed by atoms with Crippen LogP contribution in [0.2, 0.25) is 0 Å². The van der Waals surface area contributed by atoms with E-state index in [2.05, 4.69) is 25.8 Å². The van der Waals surface area contributed by atoms with Crippen molar-refractivity contribution in [1.82, 2.24) is 9.88 Å². The Bertz CT molecular complexity index is 468. The molecular formula is C17H26N2O2. The lowest BCUT2D eigenvalue weighted by Gasteiger charge is -2.33. The smallest absolute Gasteiger partial charge is 0.254 e. The van der Waals surface area contributed by atoms with E-state index in [1.807, 2.05) is 11.0 Å². The lowest BCUT2D eigenvalue weighted by molar-refractivity contribution is -0.00832. The Morgan fingerprint density at radius 1 is 1.48 bits per heavy atom. The van der Waals surface area contributed by atoms with Crippen LogP contribution in [0.1, 0.15) is 56.0 Å². The fourth-order valence-electron chi connectivity index (χ4n) is 2.77. The van der Waals surface area contributed by atoms with E-state index >= 15 is 0 Å². The third-order valence-corrected chi connectivity index (χ3v) is 4.07. The number of ether oxygens (including phenoxy) is 1. The van der Waals surface area contributed by atoms with Crippen LogP contribution in [-0.4, -0.2) is 41.1 Å². The van der Waals surface area contributed by atoms with E-state index in [0.29, 0.717) is 6.54 Å². The van der Waals surface area contributed by atoms with Crippen molar-refractivity contribution in [3.8, 4) is 0 Å². The minimum absolute atomic E-state index is 0.0958. The molecule has 0 bridgehead atoms. The average molecular weight is 290 g/mol. The molecule has 1 aromatic heterocycles. The maximum Gasteiger partial charge on any atom is 0.254 e. The lowest BCUT2D eigenvalue weighted by Crippen LogP contribution is -2.44. The van der Waals surface area contributed by atoms with Crippen LogP contribution in [0.4, 0.5) is 0 Å². The van der Waals surface area contributed by atoms with Gasteiger partial charge in [-0.1, -0.05) is 6.92 Å². The highest BCUT2D eigenvalue weighted by molar-refractivity contribution is 5.95. The Kier molecular flexibility index (Phi) is 5.74. The summed E-state index contributed by atoms with van der Waals surface area (Å²) in [6, 6.07) is 2.00. The van der Waals surface area contributed by atoms with Gasteiger partial charge in [-0.2, -0.15) is 0 Å². The topological polar surface area (TPSA) is 42.4 Å². The first-order valence-corrected chi connectivity index (χ1v) is 7.99. The predicted molar refractivity (Wildman–Crippen MR) is 83.4 cm³/mol. The number of carbonyl (C=O) groups is 1. The summed E-state index contributed by atoms with van der Waals surface area (Å²) in [7, 11) is 0. The minimum Gasteiger partial charge on any atom is -0.376 e. The predicted octanol–water partition coefficient (Wildman–Crippen LogP) is 3.06. The molecule has 4 nitrogen and oxygen atoms in total. The summed E-state index contributed by atoms with van der Waals surface area (Å²) in [5.74, 6) is 0.0958. The van der Waals surface area contributed by atoms with Gasteiger partial charge in [0.1, 0.15) is 0 Å². The zero-order valence-electron chi connectivity index (χ0n) is 13.3. The zero-order chi connectivity index (χ0) is 15.2. The first-order valence-electron chi connectivity index (χ1n) is 7.99. The molecule has 0 radical (unpaired) electrons. The van der Waals surface area contributed by atoms with Crippen LogP contribution in [0.15, 0.2) is 18.5 Å². The van der Waals surface area contributed by atoms with Crippen LogP contribution >= 0.6 is 0 Å². The average Bonchev–Trinajstić information content (AvgIpc) is 2.52. The van der Waals surface area contributed by atoms with E-state index < -0.39 is 0 Å². The highest BCUT2D eigenvalue weighted by Gasteiger charge is 2.25. The molecular weight excluding hydrogens is 264 g/mol. The van der Waals surface area contributed by atoms with Crippen molar-refractivity contribution in [2.24, 2.45) is 0 Å². The van der Waals surface area contributed by atoms with Gasteiger partial charge < -0.3 is 9.64 Å². The monoisotopic (exact) mass is 290 g/mol. The highest BCUT2D eigenvalue weighted by Crippen LogP contribution is 2.18. The molecule has 21 heavy (non-hydrogen) atoms. The van der Waals surface area contributed by atoms with Crippen LogP contribution in [0, 0.1) is 0 Å². The van der Waals surface area contributed by atoms with Crippen molar-refractivity contribution >= 4 is 5.91 Å². The molecule has 1 fully saturated rings. The Morgan fingerprint density at radius 3 is 2.90 bits per heavy atom. The van der Waals surface area contributed by atoms with Crippen molar-refractivity contribution in [1.29, 1.82) is 0 Å². The van der Waals surface area contributed by atoms with Gasteiger partial charge in [-0.05, 0) is 51.2 Å². The Morgan fingerprint density at radius 2 is 2.29 bits per heavy atom. The van der Waals surface area contributed by atoms with Gasteiger partial charge in [0.05, 0.1) is 6.10 Å². The first kappa shape index (κ1) is 16.0. The van der Waals surface area contributed by atoms with Gasteiger partial charge in [-0.3, -0.25) is 9.78 Å². The second-order valence-electron chi connectivity index (χ2n) is 5.93. The molecule has 1 saturated heterocycles. The molecule has 1 atom stereocenters. The number of pyridine rings is 1. The summed E-state index contributed by atoms with van der Waals surface area (Å²) in [6.07, 6.45) is 7.87. The van der Waals surface area contributed by atoms with E-state index in [4.69, 9.17) is 4.74 Å². The van der Waals surface area contributed by atoms with Crippen molar-refractivity contribution in [3.63, 3.8) is 0 Å². The summed E-state index contributed by atoms with van der Waals surface area (Å²) in [5.41, 5.74) is 1.79. The Balaban J connectivity index is 2.14. The van der Waals surface area contributed by atoms with Gasteiger partial charge in [0, 0.05) is 37.2 Å². The molecule has 1 aliphatic heterocycles. The van der Waals surface area contributed by atoms with Gasteiger partial charge in [-0.25, -0.2) is 0 Å². The number of amides is 1. The van der Waals surface area contributed by atoms with Crippen LogP contribution in [0.3, 0.4) is 0 Å². The van der Waals surface area contributed by atoms with Crippen LogP contribution in [-0.2, 0) is 11.2 Å². The lowest BCUT2D eigenvalue weighted by atomic mass is 10.0. The van der Waals surface area contributed by atoms with Crippen molar-refractivity contribution in [3.05, 3.63) is 29.6 Å². The van der Waals surface area contributed by atoms with E-state index in [1.54, 1.807) is 12.4 Å². The molecule has 0 spiro atoms. The normalized spacial score (nSPS) is 18.8. The van der Waals surface area contributed by atoms with E-state index in [9.17, 15) is 4.79 Å². The maximum atomic E-state index is 12.9. The number of carbonyl (C=O) groups excluding carboxylic acids is 1. The summed E-state index contributed by atoms with van der Waals surface area (Å²) >= 11 is 0. The summed E-state index contributed by atoms with van der Waals surface area (Å²) < 4.78 is 5.79. The largest absolute Gasteiger partial charge is 0.376 e. The van der Waals surface area contributed by atoms with Gasteiger partial charge in [0.2, 0.25) is 0 Å². The van der Waals surface area contributed by atoms with Crippen molar-refractivity contribution in [2.45, 2.75) is 58.6 Å². The van der Waals surface area contributed by atoms with Gasteiger partial charge in [-0.15, -0.1) is 0 Å². The molecule has 0 N–H and O–H groups in total. The first-order chi connectivity index (χ1) is 10.1. The van der Waals surface area contributed by atoms with Crippen LogP contribution in [0.25, 0.3) is 0 Å². The molecule has 2 heterocycles. The molecule has 1 aliphatic rings. The number of aryl methyl sites for hydroxylation is 1. The quantitative estimate of drug-likeness (QED) is 0.837. The minimum atomic E-state index is 0.0958. The molecule has 1 amide bonds. The Labute approximate surface area is 127 Å². The summed E-state index contributed by atoms with van der Waals surface area (Å²) in [4.78, 5) is 18.9. The van der Waals surface area contributed by atoms with Gasteiger partial charge >= 0.3 is 0 Å². The van der Waals surface area contributed by atoms with E-state index in [-0.39, 0.29) is 18.1 Å². The molecule has 1 aromatic rings. The third-order valence-electron chi connectivity index (χ3n) is 4.07. The number of rotatable bonds is 5. The van der Waals surface area contributed by atoms with Gasteiger partial charge in [0.15, 0.2) is 0 Å². The second kappa shape index (κ2) is 7.55. The number of hydrogen-bond donors (Lipinski definition) is 0. The highest BCUT2D eigenvalue weighted by atomic mass is 16.5. The van der Waals surface area contributed by atoms with Crippen molar-refractivity contribution < 1.29 is 9.53 Å². The molecule has 0 aliphatic carbocycles. The summed E-state index contributed by atoms with van der Waals surface area (Å²) in [6.45, 7) is 7.68. The van der Waals surface area contributed by atoms with Crippen molar-refractivity contribution in [2.75, 3.05) is 13.2 Å². The van der Waals surface area contributed by atoms with E-state index in [1.165, 1.54) is 6.42 Å². The Hall–Kier alpha value is -1.42. The molecule has 4 heteroatoms. The number of aromatic nitrogens is 1. The SMILES string of the molecule is CCc1cnccc1C(=O)N(C[C@@H]1CCCCO1)C(C)C. The molecule has 116 valence electrons. The molecule has 0 saturated carbocycles. The van der Waals surface area contributed by atoms with Gasteiger partial charge in [0.25, 0.3) is 5.91 Å². The zero-order valence-corrected chi connectivity index (χ0v) is 13.3. The van der Waals surface area contributed by atoms with Crippen LogP contribution < -0.4 is 0 Å². The number of nitrogens with zero attached hydrogens (tertiary/aromatic N) is 2. The van der Waals surface area contributed by atoms with E-state index in [0.717, 1.165) is 37.0 Å². The third kappa shape index (κ3) is 4.03. The maximum absolute atomic E-state index is 12.9. The fraction of sp³-hybridized carbons (Fsp3) is 0.647. The molecule has 0 aromatic carbocycles. The summed E-state index contributed by atoms with van der Waals surface area (Å²) in [5, 5.41) is 0. The second-order valence-corrected chi connectivity index (χ2v) is 5.93.